The monoisotopic (exact) mass is 424 g/mol. The Morgan fingerprint density at radius 3 is 2.45 bits per heavy atom. The van der Waals surface area contributed by atoms with E-state index < -0.39 is 27.3 Å². The number of unbranched alkanes of at least 4 members (excludes halogenated alkanes) is 3. The van der Waals surface area contributed by atoms with Crippen molar-refractivity contribution in [3.63, 3.8) is 0 Å². The van der Waals surface area contributed by atoms with Gasteiger partial charge in [-0.2, -0.15) is 0 Å². The number of halogens is 1. The fourth-order valence-electron chi connectivity index (χ4n) is 3.42. The van der Waals surface area contributed by atoms with Gasteiger partial charge in [-0.15, -0.1) is 5.92 Å². The third-order valence-corrected chi connectivity index (χ3v) is 7.17. The standard InChI is InChI=1S/C21H29FN2O4S/c1-2-3-4-5-6-13-21(23,20(25)26)16-29(27,28)24-14-11-18(12-15-24)17-7-9-19(22)10-8-17/h7-10,18H,2-5,11-12,14-16,23H2,1H3,(H,25,26). The van der Waals surface area contributed by atoms with Crippen molar-refractivity contribution in [2.75, 3.05) is 18.8 Å². The lowest BCUT2D eigenvalue weighted by Crippen LogP contribution is -2.55. The van der Waals surface area contributed by atoms with Crippen LogP contribution in [0.2, 0.25) is 0 Å². The minimum atomic E-state index is -3.88. The Labute approximate surface area is 172 Å². The van der Waals surface area contributed by atoms with Gasteiger partial charge in [0.15, 0.2) is 5.54 Å². The molecule has 1 unspecified atom stereocenters. The van der Waals surface area contributed by atoms with Crippen LogP contribution in [0, 0.1) is 17.7 Å². The molecule has 1 heterocycles. The van der Waals surface area contributed by atoms with Crippen LogP contribution >= 0.6 is 0 Å². The SMILES string of the molecule is CCCCCC#CC(N)(CS(=O)(=O)N1CCC(c2ccc(F)cc2)CC1)C(=O)O. The third kappa shape index (κ3) is 6.53. The zero-order chi connectivity index (χ0) is 21.5. The molecule has 8 heteroatoms. The summed E-state index contributed by atoms with van der Waals surface area (Å²) in [6, 6.07) is 6.22. The van der Waals surface area contributed by atoms with Crippen LogP contribution in [-0.2, 0) is 14.8 Å². The summed E-state index contributed by atoms with van der Waals surface area (Å²) in [6.07, 6.45) is 4.46. The highest BCUT2D eigenvalue weighted by Crippen LogP contribution is 2.29. The molecular weight excluding hydrogens is 395 g/mol. The molecule has 3 N–H and O–H groups in total. The fraction of sp³-hybridized carbons (Fsp3) is 0.571. The smallest absolute Gasteiger partial charge is 0.337 e. The van der Waals surface area contributed by atoms with E-state index >= 15 is 0 Å². The van der Waals surface area contributed by atoms with Gasteiger partial charge in [-0.25, -0.2) is 21.9 Å². The van der Waals surface area contributed by atoms with Crippen molar-refractivity contribution in [3.8, 4) is 11.8 Å². The second kappa shape index (κ2) is 10.2. The van der Waals surface area contributed by atoms with E-state index in [1.54, 1.807) is 12.1 Å². The predicted octanol–water partition coefficient (Wildman–Crippen LogP) is 2.70. The number of piperidine rings is 1. The molecule has 0 spiro atoms. The summed E-state index contributed by atoms with van der Waals surface area (Å²) in [5, 5.41) is 9.47. The molecular formula is C21H29FN2O4S. The summed E-state index contributed by atoms with van der Waals surface area (Å²) in [5.74, 6) is 2.85. The van der Waals surface area contributed by atoms with Gasteiger partial charge < -0.3 is 10.8 Å². The summed E-state index contributed by atoms with van der Waals surface area (Å²) in [4.78, 5) is 11.6. The molecule has 0 aromatic heterocycles. The molecule has 0 radical (unpaired) electrons. The van der Waals surface area contributed by atoms with Crippen LogP contribution < -0.4 is 5.73 Å². The number of carboxylic acids is 1. The summed E-state index contributed by atoms with van der Waals surface area (Å²) in [7, 11) is -3.88. The van der Waals surface area contributed by atoms with Gasteiger partial charge >= 0.3 is 5.97 Å². The molecule has 160 valence electrons. The second-order valence-electron chi connectivity index (χ2n) is 7.52. The maximum absolute atomic E-state index is 13.1. The molecule has 1 aromatic rings. The average Bonchev–Trinajstić information content (AvgIpc) is 2.68. The molecule has 0 amide bonds. The normalized spacial score (nSPS) is 17.9. The van der Waals surface area contributed by atoms with Crippen molar-refractivity contribution >= 4 is 16.0 Å². The van der Waals surface area contributed by atoms with Gasteiger partial charge in [-0.3, -0.25) is 0 Å². The number of rotatable bonds is 8. The molecule has 1 atom stereocenters. The van der Waals surface area contributed by atoms with Crippen LogP contribution in [0.25, 0.3) is 0 Å². The first kappa shape index (κ1) is 23.3. The van der Waals surface area contributed by atoms with Crippen molar-refractivity contribution in [1.29, 1.82) is 0 Å². The third-order valence-electron chi connectivity index (χ3n) is 5.20. The van der Waals surface area contributed by atoms with Crippen molar-refractivity contribution in [3.05, 3.63) is 35.6 Å². The van der Waals surface area contributed by atoms with Crippen molar-refractivity contribution < 1.29 is 22.7 Å². The van der Waals surface area contributed by atoms with Crippen LogP contribution in [0.15, 0.2) is 24.3 Å². The Morgan fingerprint density at radius 2 is 1.90 bits per heavy atom. The quantitative estimate of drug-likeness (QED) is 0.494. The number of hydrogen-bond acceptors (Lipinski definition) is 4. The van der Waals surface area contributed by atoms with Gasteiger partial charge in [0.1, 0.15) is 11.6 Å². The van der Waals surface area contributed by atoms with E-state index in [2.05, 4.69) is 11.8 Å². The zero-order valence-corrected chi connectivity index (χ0v) is 17.5. The number of hydrogen-bond donors (Lipinski definition) is 2. The first-order valence-electron chi connectivity index (χ1n) is 9.93. The fourth-order valence-corrected chi connectivity index (χ4v) is 5.14. The molecule has 29 heavy (non-hydrogen) atoms. The maximum Gasteiger partial charge on any atom is 0.337 e. The molecule has 1 aliphatic rings. The number of nitrogens with zero attached hydrogens (tertiary/aromatic N) is 1. The van der Waals surface area contributed by atoms with E-state index in [1.165, 1.54) is 16.4 Å². The van der Waals surface area contributed by atoms with E-state index in [0.717, 1.165) is 24.8 Å². The molecule has 6 nitrogen and oxygen atoms in total. The summed E-state index contributed by atoms with van der Waals surface area (Å²) < 4.78 is 40.0. The van der Waals surface area contributed by atoms with Crippen LogP contribution in [0.3, 0.4) is 0 Å². The van der Waals surface area contributed by atoms with Gasteiger partial charge in [0.25, 0.3) is 0 Å². The molecule has 2 rings (SSSR count). The van der Waals surface area contributed by atoms with Crippen LogP contribution in [-0.4, -0.2) is 48.2 Å². The van der Waals surface area contributed by atoms with Crippen LogP contribution in [0.1, 0.15) is 56.9 Å². The van der Waals surface area contributed by atoms with Gasteiger partial charge in [-0.05, 0) is 42.9 Å². The lowest BCUT2D eigenvalue weighted by molar-refractivity contribution is -0.140. The minimum absolute atomic E-state index is 0.141. The Bertz CT molecular complexity index is 853. The maximum atomic E-state index is 13.1. The number of aliphatic carboxylic acids is 1. The summed E-state index contributed by atoms with van der Waals surface area (Å²) in [6.45, 7) is 2.58. The topological polar surface area (TPSA) is 101 Å². The van der Waals surface area contributed by atoms with Crippen LogP contribution in [0.5, 0.6) is 0 Å². The number of carbonyl (C=O) groups is 1. The van der Waals surface area contributed by atoms with Crippen LogP contribution in [0.4, 0.5) is 4.39 Å². The van der Waals surface area contributed by atoms with E-state index in [-0.39, 0.29) is 24.8 Å². The number of carboxylic acid groups (broad SMARTS) is 1. The molecule has 1 aliphatic heterocycles. The predicted molar refractivity (Wildman–Crippen MR) is 110 cm³/mol. The molecule has 0 bridgehead atoms. The van der Waals surface area contributed by atoms with Gasteiger partial charge in [0.2, 0.25) is 10.0 Å². The highest BCUT2D eigenvalue weighted by atomic mass is 32.2. The number of benzene rings is 1. The summed E-state index contributed by atoms with van der Waals surface area (Å²) in [5.41, 5.74) is 4.71. The number of sulfonamides is 1. The second-order valence-corrected chi connectivity index (χ2v) is 9.49. The van der Waals surface area contributed by atoms with E-state index in [9.17, 15) is 22.7 Å². The highest BCUT2D eigenvalue weighted by molar-refractivity contribution is 7.89. The molecule has 1 fully saturated rings. The minimum Gasteiger partial charge on any atom is -0.479 e. The molecule has 1 aromatic carbocycles. The van der Waals surface area contributed by atoms with E-state index in [0.29, 0.717) is 19.3 Å². The Kier molecular flexibility index (Phi) is 8.20. The lowest BCUT2D eigenvalue weighted by atomic mass is 9.90. The Morgan fingerprint density at radius 1 is 1.28 bits per heavy atom. The zero-order valence-electron chi connectivity index (χ0n) is 16.7. The molecule has 1 saturated heterocycles. The highest BCUT2D eigenvalue weighted by Gasteiger charge is 2.41. The molecule has 0 aliphatic carbocycles. The molecule has 0 saturated carbocycles. The largest absolute Gasteiger partial charge is 0.479 e. The number of nitrogens with two attached hydrogens (primary N) is 1. The Hall–Kier alpha value is -1.95. The van der Waals surface area contributed by atoms with Gasteiger partial charge in [-0.1, -0.05) is 37.8 Å². The first-order valence-corrected chi connectivity index (χ1v) is 11.5. The average molecular weight is 425 g/mol. The first-order chi connectivity index (χ1) is 13.7. The Balaban J connectivity index is 2.02. The van der Waals surface area contributed by atoms with E-state index in [4.69, 9.17) is 5.73 Å². The van der Waals surface area contributed by atoms with Crippen molar-refractivity contribution in [2.24, 2.45) is 5.73 Å². The van der Waals surface area contributed by atoms with Gasteiger partial charge in [0.05, 0.1) is 0 Å². The van der Waals surface area contributed by atoms with Gasteiger partial charge in [0, 0.05) is 19.5 Å². The van der Waals surface area contributed by atoms with Crippen molar-refractivity contribution in [1.82, 2.24) is 4.31 Å². The van der Waals surface area contributed by atoms with E-state index in [1.807, 2.05) is 6.92 Å². The lowest BCUT2D eigenvalue weighted by Gasteiger charge is -2.33. The van der Waals surface area contributed by atoms with Crippen molar-refractivity contribution in [2.45, 2.75) is 56.9 Å². The summed E-state index contributed by atoms with van der Waals surface area (Å²) >= 11 is 0.